The van der Waals surface area contributed by atoms with Crippen molar-refractivity contribution in [3.63, 3.8) is 0 Å². The molecule has 0 saturated heterocycles. The van der Waals surface area contributed by atoms with Crippen molar-refractivity contribution in [1.29, 1.82) is 0 Å². The molecule has 0 aromatic heterocycles. The molecule has 1 N–H and O–H groups in total. The average Bonchev–Trinajstić information content (AvgIpc) is 2.56. The van der Waals surface area contributed by atoms with Gasteiger partial charge < -0.3 is 10.2 Å². The Balaban J connectivity index is 1.89. The first-order valence-electron chi connectivity index (χ1n) is 7.19. The fraction of sp³-hybridized carbons (Fsp3) is 0.111. The minimum Gasteiger partial charge on any atom is -0.333 e. The van der Waals surface area contributed by atoms with Gasteiger partial charge in [0.25, 0.3) is 0 Å². The third-order valence-electron chi connectivity index (χ3n) is 3.18. The van der Waals surface area contributed by atoms with Crippen molar-refractivity contribution in [3.05, 3.63) is 70.2 Å². The summed E-state index contributed by atoms with van der Waals surface area (Å²) < 4.78 is 0. The van der Waals surface area contributed by atoms with Crippen LogP contribution < -0.4 is 5.32 Å². The van der Waals surface area contributed by atoms with E-state index in [0.717, 1.165) is 5.56 Å². The van der Waals surface area contributed by atoms with Crippen LogP contribution in [-0.2, 0) is 9.59 Å². The molecule has 2 aromatic rings. The molecule has 0 aliphatic carbocycles. The first kappa shape index (κ1) is 18.0. The van der Waals surface area contributed by atoms with Gasteiger partial charge in [0.05, 0.1) is 16.6 Å². The Morgan fingerprint density at radius 3 is 2.46 bits per heavy atom. The van der Waals surface area contributed by atoms with Crippen LogP contribution in [0.3, 0.4) is 0 Å². The SMILES string of the molecule is CN(CC(=O)Nc1ccc(Cl)c(Cl)c1)C(=O)/C=C/c1ccccc1. The first-order valence-corrected chi connectivity index (χ1v) is 7.94. The van der Waals surface area contributed by atoms with Gasteiger partial charge in [-0.3, -0.25) is 9.59 Å². The van der Waals surface area contributed by atoms with Crippen molar-refractivity contribution in [2.45, 2.75) is 0 Å². The molecular formula is C18H16Cl2N2O2. The largest absolute Gasteiger partial charge is 0.333 e. The van der Waals surface area contributed by atoms with Crippen LogP contribution in [0.1, 0.15) is 5.56 Å². The Hall–Kier alpha value is -2.30. The fourth-order valence-electron chi connectivity index (χ4n) is 1.93. The number of carbonyl (C=O) groups is 2. The molecule has 0 atom stereocenters. The van der Waals surface area contributed by atoms with Gasteiger partial charge in [-0.15, -0.1) is 0 Å². The predicted molar refractivity (Wildman–Crippen MR) is 98.2 cm³/mol. The van der Waals surface area contributed by atoms with Crippen molar-refractivity contribution in [1.82, 2.24) is 4.90 Å². The van der Waals surface area contributed by atoms with Crippen molar-refractivity contribution in [3.8, 4) is 0 Å². The van der Waals surface area contributed by atoms with Gasteiger partial charge in [-0.1, -0.05) is 53.5 Å². The number of likely N-dealkylation sites (N-methyl/N-ethyl adjacent to an activating group) is 1. The van der Waals surface area contributed by atoms with E-state index in [4.69, 9.17) is 23.2 Å². The molecule has 2 amide bonds. The summed E-state index contributed by atoms with van der Waals surface area (Å²) in [6.07, 6.45) is 3.14. The number of hydrogen-bond acceptors (Lipinski definition) is 2. The second-order valence-electron chi connectivity index (χ2n) is 5.12. The molecule has 24 heavy (non-hydrogen) atoms. The predicted octanol–water partition coefficient (Wildman–Crippen LogP) is 4.10. The lowest BCUT2D eigenvalue weighted by molar-refractivity contribution is -0.129. The Morgan fingerprint density at radius 2 is 1.79 bits per heavy atom. The summed E-state index contributed by atoms with van der Waals surface area (Å²) in [4.78, 5) is 25.3. The van der Waals surface area contributed by atoms with E-state index in [9.17, 15) is 9.59 Å². The number of amides is 2. The highest BCUT2D eigenvalue weighted by atomic mass is 35.5. The van der Waals surface area contributed by atoms with E-state index in [1.807, 2.05) is 30.3 Å². The van der Waals surface area contributed by atoms with Gasteiger partial charge in [-0.25, -0.2) is 0 Å². The summed E-state index contributed by atoms with van der Waals surface area (Å²) in [7, 11) is 1.56. The van der Waals surface area contributed by atoms with E-state index >= 15 is 0 Å². The van der Waals surface area contributed by atoms with E-state index in [0.29, 0.717) is 15.7 Å². The lowest BCUT2D eigenvalue weighted by Crippen LogP contribution is -2.33. The van der Waals surface area contributed by atoms with Gasteiger partial charge in [-0.2, -0.15) is 0 Å². The van der Waals surface area contributed by atoms with Gasteiger partial charge in [0.15, 0.2) is 0 Å². The number of nitrogens with zero attached hydrogens (tertiary/aromatic N) is 1. The molecule has 0 aliphatic heterocycles. The molecule has 0 saturated carbocycles. The number of carbonyl (C=O) groups excluding carboxylic acids is 2. The van der Waals surface area contributed by atoms with E-state index in [1.165, 1.54) is 11.0 Å². The molecule has 0 heterocycles. The second kappa shape index (κ2) is 8.52. The number of anilines is 1. The van der Waals surface area contributed by atoms with Crippen molar-refractivity contribution < 1.29 is 9.59 Å². The van der Waals surface area contributed by atoms with Crippen LogP contribution in [0.4, 0.5) is 5.69 Å². The van der Waals surface area contributed by atoms with Crippen molar-refractivity contribution in [2.75, 3.05) is 18.9 Å². The monoisotopic (exact) mass is 362 g/mol. The van der Waals surface area contributed by atoms with Gasteiger partial charge in [-0.05, 0) is 29.8 Å². The van der Waals surface area contributed by atoms with Crippen LogP contribution in [0.5, 0.6) is 0 Å². The Labute approximate surface area is 150 Å². The Kier molecular flexibility index (Phi) is 6.41. The Bertz CT molecular complexity index is 761. The zero-order valence-electron chi connectivity index (χ0n) is 13.0. The fourth-order valence-corrected chi connectivity index (χ4v) is 2.22. The highest BCUT2D eigenvalue weighted by molar-refractivity contribution is 6.42. The lowest BCUT2D eigenvalue weighted by Gasteiger charge is -2.15. The van der Waals surface area contributed by atoms with Gasteiger partial charge >= 0.3 is 0 Å². The summed E-state index contributed by atoms with van der Waals surface area (Å²) >= 11 is 11.7. The van der Waals surface area contributed by atoms with Crippen LogP contribution in [0.15, 0.2) is 54.6 Å². The minimum absolute atomic E-state index is 0.0712. The molecule has 6 heteroatoms. The van der Waals surface area contributed by atoms with Crippen LogP contribution in [0.25, 0.3) is 6.08 Å². The maximum Gasteiger partial charge on any atom is 0.246 e. The third kappa shape index (κ3) is 5.41. The number of nitrogens with one attached hydrogen (secondary N) is 1. The maximum atomic E-state index is 12.0. The molecular weight excluding hydrogens is 347 g/mol. The molecule has 124 valence electrons. The standard InChI is InChI=1S/C18H16Cl2N2O2/c1-22(18(24)10-7-13-5-3-2-4-6-13)12-17(23)21-14-8-9-15(19)16(20)11-14/h2-11H,12H2,1H3,(H,21,23)/b10-7+. The first-order chi connectivity index (χ1) is 11.5. The Morgan fingerprint density at radius 1 is 1.08 bits per heavy atom. The zero-order chi connectivity index (χ0) is 17.5. The summed E-state index contributed by atoms with van der Waals surface area (Å²) in [6.45, 7) is -0.0712. The molecule has 4 nitrogen and oxygen atoms in total. The highest BCUT2D eigenvalue weighted by Crippen LogP contribution is 2.24. The van der Waals surface area contributed by atoms with Crippen LogP contribution in [-0.4, -0.2) is 30.3 Å². The number of halogens is 2. The quantitative estimate of drug-likeness (QED) is 0.813. The second-order valence-corrected chi connectivity index (χ2v) is 5.93. The normalized spacial score (nSPS) is 10.6. The van der Waals surface area contributed by atoms with Crippen molar-refractivity contribution in [2.24, 2.45) is 0 Å². The van der Waals surface area contributed by atoms with Crippen molar-refractivity contribution >= 4 is 46.8 Å². The van der Waals surface area contributed by atoms with Gasteiger partial charge in [0.1, 0.15) is 0 Å². The molecule has 0 bridgehead atoms. The molecule has 0 fully saturated rings. The van der Waals surface area contributed by atoms with Gasteiger partial charge in [0, 0.05) is 18.8 Å². The third-order valence-corrected chi connectivity index (χ3v) is 3.92. The number of hydrogen-bond donors (Lipinski definition) is 1. The topological polar surface area (TPSA) is 49.4 Å². The minimum atomic E-state index is -0.322. The van der Waals surface area contributed by atoms with Gasteiger partial charge in [0.2, 0.25) is 11.8 Å². The molecule has 2 aromatic carbocycles. The van der Waals surface area contributed by atoms with Crippen LogP contribution in [0, 0.1) is 0 Å². The number of rotatable bonds is 5. The summed E-state index contributed by atoms with van der Waals surface area (Å²) in [5.41, 5.74) is 1.44. The summed E-state index contributed by atoms with van der Waals surface area (Å²) in [5, 5.41) is 3.43. The lowest BCUT2D eigenvalue weighted by atomic mass is 10.2. The van der Waals surface area contributed by atoms with E-state index in [1.54, 1.807) is 31.3 Å². The average molecular weight is 363 g/mol. The van der Waals surface area contributed by atoms with E-state index in [-0.39, 0.29) is 18.4 Å². The molecule has 0 unspecified atom stereocenters. The smallest absolute Gasteiger partial charge is 0.246 e. The number of benzene rings is 2. The van der Waals surface area contributed by atoms with Crippen LogP contribution in [0.2, 0.25) is 10.0 Å². The van der Waals surface area contributed by atoms with E-state index < -0.39 is 0 Å². The molecule has 2 rings (SSSR count). The zero-order valence-corrected chi connectivity index (χ0v) is 14.5. The summed E-state index contributed by atoms with van der Waals surface area (Å²) in [5.74, 6) is -0.583. The summed E-state index contributed by atoms with van der Waals surface area (Å²) in [6, 6.07) is 14.2. The molecule has 0 radical (unpaired) electrons. The van der Waals surface area contributed by atoms with E-state index in [2.05, 4.69) is 5.32 Å². The highest BCUT2D eigenvalue weighted by Gasteiger charge is 2.11. The van der Waals surface area contributed by atoms with Crippen LogP contribution >= 0.6 is 23.2 Å². The maximum absolute atomic E-state index is 12.0. The molecule has 0 aliphatic rings. The molecule has 0 spiro atoms.